The van der Waals surface area contributed by atoms with E-state index in [2.05, 4.69) is 18.2 Å². The van der Waals surface area contributed by atoms with Crippen molar-refractivity contribution in [2.45, 2.75) is 13.5 Å². The summed E-state index contributed by atoms with van der Waals surface area (Å²) < 4.78 is 1.89. The molecule has 2 nitrogen and oxygen atoms in total. The predicted octanol–water partition coefficient (Wildman–Crippen LogP) is 0.701. The summed E-state index contributed by atoms with van der Waals surface area (Å²) in [5, 5.41) is 0. The van der Waals surface area contributed by atoms with Gasteiger partial charge in [0.1, 0.15) is 0 Å². The third-order valence-corrected chi connectivity index (χ3v) is 0.848. The molecule has 0 fully saturated rings. The van der Waals surface area contributed by atoms with Crippen LogP contribution in [-0.4, -0.2) is 9.55 Å². The van der Waals surface area contributed by atoms with Crippen LogP contribution in [0.5, 0.6) is 0 Å². The van der Waals surface area contributed by atoms with E-state index in [1.165, 1.54) is 0 Å². The number of hydrogen-bond acceptors (Lipinski definition) is 1. The minimum Gasteiger partial charge on any atom is -0.454 e. The number of hydrogen-bond donors (Lipinski definition) is 0. The van der Waals surface area contributed by atoms with E-state index in [4.69, 9.17) is 0 Å². The molecular weight excluding hydrogens is 152 g/mol. The van der Waals surface area contributed by atoms with E-state index in [9.17, 15) is 0 Å². The van der Waals surface area contributed by atoms with Crippen LogP contribution in [0.15, 0.2) is 12.4 Å². The average Bonchev–Trinajstić information content (AvgIpc) is 2.14. The molecule has 0 aliphatic rings. The van der Waals surface area contributed by atoms with Crippen LogP contribution >= 0.6 is 0 Å². The predicted molar refractivity (Wildman–Crippen MR) is 26.7 cm³/mol. The minimum atomic E-state index is 0. The van der Waals surface area contributed by atoms with Gasteiger partial charge in [0.2, 0.25) is 0 Å². The van der Waals surface area contributed by atoms with Crippen molar-refractivity contribution >= 4 is 0 Å². The molecular formula is C5H7CuN2. The van der Waals surface area contributed by atoms with Gasteiger partial charge in [-0.05, 0) is 13.5 Å². The van der Waals surface area contributed by atoms with Crippen molar-refractivity contribution in [3.63, 3.8) is 0 Å². The molecule has 0 radical (unpaired) electrons. The summed E-state index contributed by atoms with van der Waals surface area (Å²) in [6.07, 6.45) is 6.37. The second-order valence-corrected chi connectivity index (χ2v) is 1.31. The Kier molecular flexibility index (Phi) is 3.57. The maximum Gasteiger partial charge on any atom is 1.00 e. The van der Waals surface area contributed by atoms with E-state index in [-0.39, 0.29) is 17.1 Å². The van der Waals surface area contributed by atoms with Crippen LogP contribution in [0.2, 0.25) is 0 Å². The third-order valence-electron chi connectivity index (χ3n) is 0.848. The molecule has 8 heavy (non-hydrogen) atoms. The molecule has 0 spiro atoms. The minimum absolute atomic E-state index is 0. The Hall–Kier alpha value is -0.271. The van der Waals surface area contributed by atoms with E-state index in [1.807, 2.05) is 10.8 Å². The van der Waals surface area contributed by atoms with Crippen LogP contribution in [0.1, 0.15) is 6.92 Å². The number of nitrogens with zero attached hydrogens (tertiary/aromatic N) is 2. The van der Waals surface area contributed by atoms with Gasteiger partial charge in [-0.3, -0.25) is 0 Å². The van der Waals surface area contributed by atoms with Gasteiger partial charge in [-0.25, -0.2) is 0 Å². The Morgan fingerprint density at radius 3 is 2.75 bits per heavy atom. The monoisotopic (exact) mass is 158 g/mol. The maximum absolute atomic E-state index is 3.73. The van der Waals surface area contributed by atoms with Crippen molar-refractivity contribution in [3.8, 4) is 0 Å². The van der Waals surface area contributed by atoms with Crippen molar-refractivity contribution in [3.05, 3.63) is 18.7 Å². The smallest absolute Gasteiger partial charge is 0.454 e. The van der Waals surface area contributed by atoms with E-state index in [0.29, 0.717) is 0 Å². The van der Waals surface area contributed by atoms with Crippen molar-refractivity contribution in [1.29, 1.82) is 0 Å². The Morgan fingerprint density at radius 1 is 1.75 bits per heavy atom. The summed E-state index contributed by atoms with van der Waals surface area (Å²) in [6.45, 7) is 3.01. The normalized spacial score (nSPS) is 8.12. The second-order valence-electron chi connectivity index (χ2n) is 1.31. The van der Waals surface area contributed by atoms with Crippen molar-refractivity contribution in [2.24, 2.45) is 0 Å². The molecule has 0 N–H and O–H groups in total. The maximum atomic E-state index is 3.73. The molecule has 1 rings (SSSR count). The SMILES string of the molecule is CCn1[c-]ncc1.[Cu+]. The molecule has 0 bridgehead atoms. The molecule has 0 saturated carbocycles. The van der Waals surface area contributed by atoms with Gasteiger partial charge in [-0.1, -0.05) is 0 Å². The Morgan fingerprint density at radius 2 is 2.50 bits per heavy atom. The van der Waals surface area contributed by atoms with Crippen LogP contribution in [-0.2, 0) is 23.6 Å². The quantitative estimate of drug-likeness (QED) is 0.435. The zero-order chi connectivity index (χ0) is 5.11. The van der Waals surface area contributed by atoms with Gasteiger partial charge in [0, 0.05) is 6.33 Å². The largest absolute Gasteiger partial charge is 1.00 e. The molecule has 0 amide bonds. The fourth-order valence-corrected chi connectivity index (χ4v) is 0.431. The van der Waals surface area contributed by atoms with Crippen LogP contribution < -0.4 is 0 Å². The van der Waals surface area contributed by atoms with Crippen molar-refractivity contribution in [2.75, 3.05) is 0 Å². The van der Waals surface area contributed by atoms with Crippen LogP contribution in [0.4, 0.5) is 0 Å². The number of rotatable bonds is 1. The summed E-state index contributed by atoms with van der Waals surface area (Å²) in [6, 6.07) is 0. The van der Waals surface area contributed by atoms with E-state index < -0.39 is 0 Å². The summed E-state index contributed by atoms with van der Waals surface area (Å²) in [7, 11) is 0. The van der Waals surface area contributed by atoms with E-state index >= 15 is 0 Å². The molecule has 1 heterocycles. The van der Waals surface area contributed by atoms with Gasteiger partial charge in [-0.2, -0.15) is 0 Å². The van der Waals surface area contributed by atoms with Gasteiger partial charge in [0.25, 0.3) is 0 Å². The average molecular weight is 159 g/mol. The summed E-state index contributed by atoms with van der Waals surface area (Å²) in [5.41, 5.74) is 0. The molecule has 0 saturated heterocycles. The van der Waals surface area contributed by atoms with Crippen LogP contribution in [0.25, 0.3) is 0 Å². The summed E-state index contributed by atoms with van der Waals surface area (Å²) >= 11 is 0. The van der Waals surface area contributed by atoms with Gasteiger partial charge >= 0.3 is 17.1 Å². The first-order valence-electron chi connectivity index (χ1n) is 2.32. The molecule has 0 atom stereocenters. The molecule has 1 aromatic heterocycles. The number of imidazole rings is 1. The Balaban J connectivity index is 0.000000490. The molecule has 0 aliphatic heterocycles. The summed E-state index contributed by atoms with van der Waals surface area (Å²) in [5.74, 6) is 0. The molecule has 3 heteroatoms. The second kappa shape index (κ2) is 3.70. The number of aryl methyl sites for hydroxylation is 1. The van der Waals surface area contributed by atoms with Crippen molar-refractivity contribution < 1.29 is 17.1 Å². The zero-order valence-electron chi connectivity index (χ0n) is 4.56. The molecule has 1 aromatic rings. The van der Waals surface area contributed by atoms with Crippen molar-refractivity contribution in [1.82, 2.24) is 9.55 Å². The summed E-state index contributed by atoms with van der Waals surface area (Å²) in [4.78, 5) is 3.73. The zero-order valence-corrected chi connectivity index (χ0v) is 5.50. The molecule has 0 aromatic carbocycles. The fourth-order valence-electron chi connectivity index (χ4n) is 0.431. The fraction of sp³-hybridized carbons (Fsp3) is 0.400. The molecule has 0 unspecified atom stereocenters. The van der Waals surface area contributed by atoms with Gasteiger partial charge in [0.15, 0.2) is 0 Å². The standard InChI is InChI=1S/C5H7N2.Cu/c1-2-7-4-3-6-5-7;/h3-4H,2H2,1H3;/q-1;+1. The topological polar surface area (TPSA) is 17.8 Å². The Labute approximate surface area is 59.4 Å². The third kappa shape index (κ3) is 1.68. The Bertz CT molecular complexity index is 125. The van der Waals surface area contributed by atoms with Gasteiger partial charge in [-0.15, -0.1) is 12.4 Å². The first-order valence-corrected chi connectivity index (χ1v) is 2.32. The number of aromatic nitrogens is 2. The van der Waals surface area contributed by atoms with E-state index in [1.54, 1.807) is 6.20 Å². The first kappa shape index (κ1) is 7.73. The molecule has 0 aliphatic carbocycles. The van der Waals surface area contributed by atoms with Crippen LogP contribution in [0.3, 0.4) is 0 Å². The van der Waals surface area contributed by atoms with Crippen LogP contribution in [0, 0.1) is 6.33 Å². The molecule has 48 valence electrons. The van der Waals surface area contributed by atoms with Gasteiger partial charge < -0.3 is 9.55 Å². The van der Waals surface area contributed by atoms with E-state index in [0.717, 1.165) is 6.54 Å². The first-order chi connectivity index (χ1) is 3.43. The van der Waals surface area contributed by atoms with Gasteiger partial charge in [0.05, 0.1) is 0 Å².